The van der Waals surface area contributed by atoms with Crippen LogP contribution < -0.4 is 5.32 Å². The van der Waals surface area contributed by atoms with Crippen LogP contribution in [0.5, 0.6) is 0 Å². The van der Waals surface area contributed by atoms with E-state index in [-0.39, 0.29) is 18.5 Å². The third-order valence-corrected chi connectivity index (χ3v) is 3.86. The minimum atomic E-state index is -0.209. The van der Waals surface area contributed by atoms with Crippen LogP contribution in [0.25, 0.3) is 11.4 Å². The summed E-state index contributed by atoms with van der Waals surface area (Å²) < 4.78 is 0. The van der Waals surface area contributed by atoms with E-state index >= 15 is 0 Å². The maximum atomic E-state index is 12.2. The van der Waals surface area contributed by atoms with Crippen LogP contribution >= 0.6 is 11.6 Å². The van der Waals surface area contributed by atoms with Crippen LogP contribution in [-0.4, -0.2) is 26.1 Å². The molecule has 0 aliphatic rings. The molecule has 3 rings (SSSR count). The Bertz CT molecular complexity index is 834. The molecule has 0 fully saturated rings. The van der Waals surface area contributed by atoms with E-state index in [1.165, 1.54) is 4.80 Å². The van der Waals surface area contributed by atoms with Gasteiger partial charge in [-0.2, -0.15) is 4.80 Å². The molecule has 1 N–H and O–H groups in total. The molecule has 1 aromatic heterocycles. The zero-order valence-corrected chi connectivity index (χ0v) is 13.8. The maximum Gasteiger partial charge on any atom is 0.244 e. The molecule has 122 valence electrons. The van der Waals surface area contributed by atoms with Gasteiger partial charge in [0.25, 0.3) is 0 Å². The number of hydrogen-bond acceptors (Lipinski definition) is 4. The largest absolute Gasteiger partial charge is 0.348 e. The third-order valence-electron chi connectivity index (χ3n) is 3.52. The van der Waals surface area contributed by atoms with Crippen molar-refractivity contribution in [2.45, 2.75) is 19.5 Å². The summed E-state index contributed by atoms with van der Waals surface area (Å²) in [4.78, 5) is 13.4. The lowest BCUT2D eigenvalue weighted by atomic mass is 10.1. The van der Waals surface area contributed by atoms with Crippen LogP contribution in [0.2, 0.25) is 5.02 Å². The van der Waals surface area contributed by atoms with Crippen molar-refractivity contribution in [3.05, 3.63) is 65.2 Å². The molecule has 1 unspecified atom stereocenters. The number of nitrogens with one attached hydrogen (secondary N) is 1. The Morgan fingerprint density at radius 1 is 1.17 bits per heavy atom. The predicted octanol–water partition coefficient (Wildman–Crippen LogP) is 2.87. The number of aromatic nitrogens is 4. The van der Waals surface area contributed by atoms with Gasteiger partial charge < -0.3 is 5.32 Å². The van der Waals surface area contributed by atoms with Crippen molar-refractivity contribution in [2.24, 2.45) is 0 Å². The molecular weight excluding hydrogens is 326 g/mol. The van der Waals surface area contributed by atoms with Crippen molar-refractivity contribution in [3.63, 3.8) is 0 Å². The summed E-state index contributed by atoms with van der Waals surface area (Å²) in [7, 11) is 0. The van der Waals surface area contributed by atoms with E-state index in [4.69, 9.17) is 11.6 Å². The van der Waals surface area contributed by atoms with Crippen molar-refractivity contribution in [1.29, 1.82) is 0 Å². The van der Waals surface area contributed by atoms with Crippen molar-refractivity contribution in [2.75, 3.05) is 0 Å². The highest BCUT2D eigenvalue weighted by atomic mass is 35.5. The Kier molecular flexibility index (Phi) is 4.86. The van der Waals surface area contributed by atoms with Crippen LogP contribution in [0.15, 0.2) is 54.6 Å². The summed E-state index contributed by atoms with van der Waals surface area (Å²) in [5.74, 6) is 0.280. The standard InChI is InChI=1S/C17H16ClN5O/c1-12(14-9-5-6-10-15(14)18)19-16(24)11-23-21-17(20-22-23)13-7-3-2-4-8-13/h2-10,12H,11H2,1H3,(H,19,24). The van der Waals surface area contributed by atoms with Gasteiger partial charge in [0.05, 0.1) is 6.04 Å². The number of rotatable bonds is 5. The number of tetrazole rings is 1. The first-order chi connectivity index (χ1) is 11.6. The molecule has 0 spiro atoms. The van der Waals surface area contributed by atoms with E-state index in [9.17, 15) is 4.79 Å². The highest BCUT2D eigenvalue weighted by molar-refractivity contribution is 6.31. The summed E-state index contributed by atoms with van der Waals surface area (Å²) in [6.07, 6.45) is 0. The number of carbonyl (C=O) groups excluding carboxylic acids is 1. The Balaban J connectivity index is 1.63. The van der Waals surface area contributed by atoms with Gasteiger partial charge in [0, 0.05) is 10.6 Å². The Morgan fingerprint density at radius 3 is 2.62 bits per heavy atom. The normalized spacial score (nSPS) is 11.9. The number of carbonyl (C=O) groups is 1. The van der Waals surface area contributed by atoms with Crippen molar-refractivity contribution in [1.82, 2.24) is 25.5 Å². The summed E-state index contributed by atoms with van der Waals surface area (Å²) in [6, 6.07) is 16.7. The number of benzene rings is 2. The Morgan fingerprint density at radius 2 is 1.88 bits per heavy atom. The van der Waals surface area contributed by atoms with Gasteiger partial charge in [-0.05, 0) is 23.8 Å². The predicted molar refractivity (Wildman–Crippen MR) is 91.3 cm³/mol. The average molecular weight is 342 g/mol. The van der Waals surface area contributed by atoms with Gasteiger partial charge in [0.1, 0.15) is 6.54 Å². The topological polar surface area (TPSA) is 72.7 Å². The Hall–Kier alpha value is -2.73. The molecule has 1 amide bonds. The first-order valence-electron chi connectivity index (χ1n) is 7.50. The molecule has 1 heterocycles. The van der Waals surface area contributed by atoms with Crippen LogP contribution in [-0.2, 0) is 11.3 Å². The molecule has 0 aliphatic heterocycles. The molecule has 0 aliphatic carbocycles. The fraction of sp³-hybridized carbons (Fsp3) is 0.176. The first kappa shape index (κ1) is 16.1. The minimum Gasteiger partial charge on any atom is -0.348 e. The second-order valence-corrected chi connectivity index (χ2v) is 5.73. The van der Waals surface area contributed by atoms with Crippen LogP contribution in [0.1, 0.15) is 18.5 Å². The first-order valence-corrected chi connectivity index (χ1v) is 7.88. The quantitative estimate of drug-likeness (QED) is 0.774. The molecule has 2 aromatic carbocycles. The molecule has 3 aromatic rings. The highest BCUT2D eigenvalue weighted by Gasteiger charge is 2.14. The second-order valence-electron chi connectivity index (χ2n) is 5.32. The lowest BCUT2D eigenvalue weighted by molar-refractivity contribution is -0.122. The van der Waals surface area contributed by atoms with Crippen molar-refractivity contribution < 1.29 is 4.79 Å². The summed E-state index contributed by atoms with van der Waals surface area (Å²) in [6.45, 7) is 1.87. The van der Waals surface area contributed by atoms with Gasteiger partial charge in [-0.3, -0.25) is 4.79 Å². The third kappa shape index (κ3) is 3.78. The Labute approximate surface area is 144 Å². The minimum absolute atomic E-state index is 0.00533. The van der Waals surface area contributed by atoms with Gasteiger partial charge in [-0.1, -0.05) is 60.1 Å². The number of halogens is 1. The summed E-state index contributed by atoms with van der Waals surface area (Å²) >= 11 is 6.14. The fourth-order valence-corrected chi connectivity index (χ4v) is 2.63. The molecule has 0 radical (unpaired) electrons. The van der Waals surface area contributed by atoms with Gasteiger partial charge in [-0.15, -0.1) is 10.2 Å². The van der Waals surface area contributed by atoms with Crippen molar-refractivity contribution in [3.8, 4) is 11.4 Å². The van der Waals surface area contributed by atoms with Gasteiger partial charge in [-0.25, -0.2) is 0 Å². The van der Waals surface area contributed by atoms with E-state index in [1.54, 1.807) is 6.07 Å². The monoisotopic (exact) mass is 341 g/mol. The summed E-state index contributed by atoms with van der Waals surface area (Å²) in [5, 5.41) is 15.6. The van der Waals surface area contributed by atoms with Gasteiger partial charge in [0.15, 0.2) is 0 Å². The smallest absolute Gasteiger partial charge is 0.244 e. The molecule has 1 atom stereocenters. The zero-order valence-electron chi connectivity index (χ0n) is 13.1. The van der Waals surface area contributed by atoms with Gasteiger partial charge in [0.2, 0.25) is 11.7 Å². The lowest BCUT2D eigenvalue weighted by Crippen LogP contribution is -2.31. The van der Waals surface area contributed by atoms with E-state index in [0.717, 1.165) is 11.1 Å². The van der Waals surface area contributed by atoms with E-state index in [0.29, 0.717) is 10.8 Å². The van der Waals surface area contributed by atoms with Gasteiger partial charge >= 0.3 is 0 Å². The van der Waals surface area contributed by atoms with E-state index < -0.39 is 0 Å². The number of nitrogens with zero attached hydrogens (tertiary/aromatic N) is 4. The van der Waals surface area contributed by atoms with Crippen LogP contribution in [0.3, 0.4) is 0 Å². The SMILES string of the molecule is CC(NC(=O)Cn1nnc(-c2ccccc2)n1)c1ccccc1Cl. The van der Waals surface area contributed by atoms with Crippen LogP contribution in [0, 0.1) is 0 Å². The molecule has 0 bridgehead atoms. The second kappa shape index (κ2) is 7.23. The molecule has 7 heteroatoms. The molecule has 24 heavy (non-hydrogen) atoms. The summed E-state index contributed by atoms with van der Waals surface area (Å²) in [5.41, 5.74) is 1.72. The maximum absolute atomic E-state index is 12.2. The number of amides is 1. The zero-order chi connectivity index (χ0) is 16.9. The average Bonchev–Trinajstić information content (AvgIpc) is 3.04. The van der Waals surface area contributed by atoms with E-state index in [2.05, 4.69) is 20.7 Å². The fourth-order valence-electron chi connectivity index (χ4n) is 2.33. The molecule has 0 saturated carbocycles. The van der Waals surface area contributed by atoms with Crippen LogP contribution in [0.4, 0.5) is 0 Å². The highest BCUT2D eigenvalue weighted by Crippen LogP contribution is 2.22. The van der Waals surface area contributed by atoms with Crippen molar-refractivity contribution >= 4 is 17.5 Å². The lowest BCUT2D eigenvalue weighted by Gasteiger charge is -2.15. The molecule has 0 saturated heterocycles. The molecular formula is C17H16ClN5O. The van der Waals surface area contributed by atoms with E-state index in [1.807, 2.05) is 55.5 Å². The number of hydrogen-bond donors (Lipinski definition) is 1. The molecule has 6 nitrogen and oxygen atoms in total.